The van der Waals surface area contributed by atoms with Gasteiger partial charge in [-0.2, -0.15) is 0 Å². The van der Waals surface area contributed by atoms with Gasteiger partial charge in [0.2, 0.25) is 0 Å². The van der Waals surface area contributed by atoms with Gasteiger partial charge in [0.15, 0.2) is 0 Å². The Hall–Kier alpha value is -1.06. The maximum Gasteiger partial charge on any atom is 0.118 e. The van der Waals surface area contributed by atoms with E-state index in [2.05, 4.69) is 57.1 Å². The van der Waals surface area contributed by atoms with Crippen molar-refractivity contribution in [3.05, 3.63) is 29.8 Å². The number of rotatable bonds is 9. The van der Waals surface area contributed by atoms with Crippen LogP contribution in [-0.2, 0) is 0 Å². The summed E-state index contributed by atoms with van der Waals surface area (Å²) in [5, 5.41) is 3.64. The normalized spacial score (nSPS) is 14.5. The summed E-state index contributed by atoms with van der Waals surface area (Å²) in [5.74, 6) is 0.912. The molecule has 0 aliphatic carbocycles. The number of methoxy groups -OCH3 is 1. The fraction of sp³-hybridized carbons (Fsp3) is 0.667. The van der Waals surface area contributed by atoms with E-state index in [0.29, 0.717) is 18.1 Å². The monoisotopic (exact) mass is 292 g/mol. The van der Waals surface area contributed by atoms with Crippen molar-refractivity contribution in [1.82, 2.24) is 10.2 Å². The Bertz CT molecular complexity index is 387. The van der Waals surface area contributed by atoms with Crippen molar-refractivity contribution in [2.24, 2.45) is 0 Å². The number of nitrogens with one attached hydrogen (secondary N) is 1. The quantitative estimate of drug-likeness (QED) is 0.748. The molecular weight excluding hydrogens is 260 g/mol. The largest absolute Gasteiger partial charge is 0.497 e. The van der Waals surface area contributed by atoms with E-state index in [4.69, 9.17) is 4.74 Å². The minimum Gasteiger partial charge on any atom is -0.497 e. The molecule has 1 rings (SSSR count). The lowest BCUT2D eigenvalue weighted by Gasteiger charge is -2.37. The molecule has 0 radical (unpaired) electrons. The van der Waals surface area contributed by atoms with Gasteiger partial charge in [-0.15, -0.1) is 0 Å². The van der Waals surface area contributed by atoms with Crippen LogP contribution in [0.25, 0.3) is 0 Å². The Balaban J connectivity index is 2.92. The SMILES string of the molecule is CCNC(c1ccc(OC)cc1)C(C)N(C)C(CC)CC. The number of benzene rings is 1. The van der Waals surface area contributed by atoms with E-state index in [1.54, 1.807) is 7.11 Å². The summed E-state index contributed by atoms with van der Waals surface area (Å²) in [7, 11) is 3.95. The summed E-state index contributed by atoms with van der Waals surface area (Å²) in [6.07, 6.45) is 2.39. The van der Waals surface area contributed by atoms with Gasteiger partial charge < -0.3 is 10.1 Å². The first kappa shape index (κ1) is 18.0. The highest BCUT2D eigenvalue weighted by molar-refractivity contribution is 5.29. The molecule has 0 bridgehead atoms. The summed E-state index contributed by atoms with van der Waals surface area (Å²) in [6, 6.07) is 9.86. The summed E-state index contributed by atoms with van der Waals surface area (Å²) in [5.41, 5.74) is 1.32. The van der Waals surface area contributed by atoms with Gasteiger partial charge in [-0.05, 0) is 51.1 Å². The third kappa shape index (κ3) is 4.72. The lowest BCUT2D eigenvalue weighted by atomic mass is 9.97. The van der Waals surface area contributed by atoms with Crippen molar-refractivity contribution < 1.29 is 4.74 Å². The van der Waals surface area contributed by atoms with E-state index in [-0.39, 0.29) is 0 Å². The molecule has 1 aromatic carbocycles. The maximum absolute atomic E-state index is 5.26. The fourth-order valence-corrected chi connectivity index (χ4v) is 3.03. The minimum absolute atomic E-state index is 0.339. The molecule has 3 heteroatoms. The summed E-state index contributed by atoms with van der Waals surface area (Å²) >= 11 is 0. The Morgan fingerprint density at radius 2 is 1.67 bits per heavy atom. The van der Waals surface area contributed by atoms with Crippen LogP contribution < -0.4 is 10.1 Å². The summed E-state index contributed by atoms with van der Waals surface area (Å²) < 4.78 is 5.26. The van der Waals surface area contributed by atoms with Gasteiger partial charge in [0.1, 0.15) is 5.75 Å². The van der Waals surface area contributed by atoms with Crippen LogP contribution in [0, 0.1) is 0 Å². The van der Waals surface area contributed by atoms with Gasteiger partial charge >= 0.3 is 0 Å². The maximum atomic E-state index is 5.26. The summed E-state index contributed by atoms with van der Waals surface area (Å²) in [4.78, 5) is 2.51. The molecule has 0 heterocycles. The molecule has 2 atom stereocenters. The van der Waals surface area contributed by atoms with Crippen molar-refractivity contribution in [1.29, 1.82) is 0 Å². The van der Waals surface area contributed by atoms with E-state index in [1.807, 2.05) is 12.1 Å². The third-order valence-electron chi connectivity index (χ3n) is 4.54. The van der Waals surface area contributed by atoms with Gasteiger partial charge in [0.25, 0.3) is 0 Å². The number of likely N-dealkylation sites (N-methyl/N-ethyl adjacent to an activating group) is 2. The molecule has 0 spiro atoms. The molecule has 2 unspecified atom stereocenters. The Kier molecular flexibility index (Phi) is 7.76. The van der Waals surface area contributed by atoms with Gasteiger partial charge in [0, 0.05) is 18.1 Å². The molecule has 0 fully saturated rings. The van der Waals surface area contributed by atoms with E-state index in [1.165, 1.54) is 18.4 Å². The van der Waals surface area contributed by atoms with Gasteiger partial charge in [-0.1, -0.05) is 32.9 Å². The molecule has 1 aromatic rings. The minimum atomic E-state index is 0.339. The highest BCUT2D eigenvalue weighted by atomic mass is 16.5. The molecule has 120 valence electrons. The highest BCUT2D eigenvalue weighted by Gasteiger charge is 2.25. The first-order chi connectivity index (χ1) is 10.1. The van der Waals surface area contributed by atoms with Crippen molar-refractivity contribution in [3.63, 3.8) is 0 Å². The van der Waals surface area contributed by atoms with Crippen LogP contribution in [0.3, 0.4) is 0 Å². The molecule has 0 saturated heterocycles. The first-order valence-electron chi connectivity index (χ1n) is 8.18. The topological polar surface area (TPSA) is 24.5 Å². The number of nitrogens with zero attached hydrogens (tertiary/aromatic N) is 1. The Labute approximate surface area is 130 Å². The number of hydrogen-bond donors (Lipinski definition) is 1. The molecular formula is C18H32N2O. The van der Waals surface area contributed by atoms with Gasteiger partial charge in [0.05, 0.1) is 7.11 Å². The van der Waals surface area contributed by atoms with E-state index in [0.717, 1.165) is 12.3 Å². The van der Waals surface area contributed by atoms with E-state index < -0.39 is 0 Å². The zero-order valence-corrected chi connectivity index (χ0v) is 14.5. The van der Waals surface area contributed by atoms with Crippen LogP contribution in [0.4, 0.5) is 0 Å². The molecule has 0 aliphatic rings. The van der Waals surface area contributed by atoms with Crippen LogP contribution in [0.1, 0.15) is 52.1 Å². The standard InChI is InChI=1S/C18H32N2O/c1-7-16(8-2)20(5)14(4)18(19-9-3)15-10-12-17(21-6)13-11-15/h10-14,16,18-19H,7-9H2,1-6H3. The first-order valence-corrected chi connectivity index (χ1v) is 8.18. The number of hydrogen-bond acceptors (Lipinski definition) is 3. The molecule has 1 N–H and O–H groups in total. The Morgan fingerprint density at radius 1 is 1.10 bits per heavy atom. The lowest BCUT2D eigenvalue weighted by Crippen LogP contribution is -2.45. The third-order valence-corrected chi connectivity index (χ3v) is 4.54. The smallest absolute Gasteiger partial charge is 0.118 e. The van der Waals surface area contributed by atoms with Crippen LogP contribution in [0.2, 0.25) is 0 Å². The molecule has 0 saturated carbocycles. The predicted octanol–water partition coefficient (Wildman–Crippen LogP) is 3.85. The highest BCUT2D eigenvalue weighted by Crippen LogP contribution is 2.25. The number of ether oxygens (including phenoxy) is 1. The second-order valence-corrected chi connectivity index (χ2v) is 5.68. The van der Waals surface area contributed by atoms with Crippen molar-refractivity contribution >= 4 is 0 Å². The van der Waals surface area contributed by atoms with Crippen molar-refractivity contribution in [2.45, 2.75) is 58.7 Å². The van der Waals surface area contributed by atoms with Gasteiger partial charge in [-0.25, -0.2) is 0 Å². The molecule has 0 aliphatic heterocycles. The average Bonchev–Trinajstić information content (AvgIpc) is 2.53. The molecule has 3 nitrogen and oxygen atoms in total. The molecule has 21 heavy (non-hydrogen) atoms. The summed E-state index contributed by atoms with van der Waals surface area (Å²) in [6.45, 7) is 9.99. The van der Waals surface area contributed by atoms with Crippen molar-refractivity contribution in [2.75, 3.05) is 20.7 Å². The molecule has 0 aromatic heterocycles. The Morgan fingerprint density at radius 3 is 2.10 bits per heavy atom. The van der Waals surface area contributed by atoms with Crippen molar-refractivity contribution in [3.8, 4) is 5.75 Å². The van der Waals surface area contributed by atoms with Crippen LogP contribution in [0.15, 0.2) is 24.3 Å². The second-order valence-electron chi connectivity index (χ2n) is 5.68. The zero-order chi connectivity index (χ0) is 15.8. The average molecular weight is 292 g/mol. The predicted molar refractivity (Wildman–Crippen MR) is 91.0 cm³/mol. The van der Waals surface area contributed by atoms with Crippen LogP contribution in [-0.4, -0.2) is 37.7 Å². The second kappa shape index (κ2) is 9.06. The van der Waals surface area contributed by atoms with Crippen LogP contribution in [0.5, 0.6) is 5.75 Å². The molecule has 0 amide bonds. The fourth-order valence-electron chi connectivity index (χ4n) is 3.03. The van der Waals surface area contributed by atoms with Crippen LogP contribution >= 0.6 is 0 Å². The zero-order valence-electron chi connectivity index (χ0n) is 14.5. The van der Waals surface area contributed by atoms with Gasteiger partial charge in [-0.3, -0.25) is 4.90 Å². The van der Waals surface area contributed by atoms with E-state index in [9.17, 15) is 0 Å². The lowest BCUT2D eigenvalue weighted by molar-refractivity contribution is 0.142. The van der Waals surface area contributed by atoms with E-state index >= 15 is 0 Å².